The van der Waals surface area contributed by atoms with Crippen LogP contribution in [0.4, 0.5) is 13.2 Å². The molecule has 1 heterocycles. The van der Waals surface area contributed by atoms with Crippen LogP contribution in [-0.4, -0.2) is 18.5 Å². The number of phenols is 1. The van der Waals surface area contributed by atoms with Gasteiger partial charge < -0.3 is 5.11 Å². The van der Waals surface area contributed by atoms with Gasteiger partial charge in [-0.25, -0.2) is 18.1 Å². The van der Waals surface area contributed by atoms with Crippen molar-refractivity contribution in [3.8, 4) is 5.75 Å². The number of nitrogens with zero attached hydrogens (tertiary/aromatic N) is 1. The molecule has 0 radical (unpaired) electrons. The normalized spacial score (nSPS) is 12.5. The summed E-state index contributed by atoms with van der Waals surface area (Å²) in [5.74, 6) is -0.778. The number of halogens is 3. The number of aromatic hydroxyl groups is 1. The van der Waals surface area contributed by atoms with Crippen LogP contribution in [0.3, 0.4) is 0 Å². The quantitative estimate of drug-likeness (QED) is 0.897. The van der Waals surface area contributed by atoms with Crippen molar-refractivity contribution in [2.45, 2.75) is 17.6 Å². The van der Waals surface area contributed by atoms with Crippen LogP contribution in [0.1, 0.15) is 10.6 Å². The van der Waals surface area contributed by atoms with Crippen molar-refractivity contribution in [1.82, 2.24) is 9.71 Å². The van der Waals surface area contributed by atoms with Gasteiger partial charge in [0.1, 0.15) is 10.8 Å². The monoisotopic (exact) mass is 338 g/mol. The Hall–Kier alpha value is -1.65. The van der Waals surface area contributed by atoms with Crippen LogP contribution in [0, 0.1) is 0 Å². The zero-order valence-corrected chi connectivity index (χ0v) is 11.9. The third-order valence-corrected chi connectivity index (χ3v) is 4.59. The Morgan fingerprint density at radius 2 is 2.00 bits per heavy atom. The summed E-state index contributed by atoms with van der Waals surface area (Å²) in [6.07, 6.45) is -3.28. The second kappa shape index (κ2) is 5.62. The lowest BCUT2D eigenvalue weighted by molar-refractivity contribution is -0.137. The molecule has 1 aromatic carbocycles. The van der Waals surface area contributed by atoms with E-state index < -0.39 is 32.4 Å². The van der Waals surface area contributed by atoms with E-state index in [9.17, 15) is 26.7 Å². The van der Waals surface area contributed by atoms with Gasteiger partial charge in [0.25, 0.3) is 0 Å². The Bertz CT molecular complexity index is 728. The molecule has 114 valence electrons. The molecule has 10 heteroatoms. The van der Waals surface area contributed by atoms with Gasteiger partial charge in [-0.15, -0.1) is 11.3 Å². The second-order valence-corrected chi connectivity index (χ2v) is 6.71. The Morgan fingerprint density at radius 3 is 2.57 bits per heavy atom. The van der Waals surface area contributed by atoms with E-state index >= 15 is 0 Å². The summed E-state index contributed by atoms with van der Waals surface area (Å²) in [6.45, 7) is -0.142. The zero-order chi connectivity index (χ0) is 15.7. The Kier molecular flexibility index (Phi) is 4.21. The number of phenolic OH excluding ortho intramolecular Hbond substituents is 1. The number of nitrogens with one attached hydrogen (secondary N) is 1. The molecule has 0 amide bonds. The van der Waals surface area contributed by atoms with Gasteiger partial charge in [-0.3, -0.25) is 0 Å². The van der Waals surface area contributed by atoms with Gasteiger partial charge in [0, 0.05) is 11.6 Å². The second-order valence-electron chi connectivity index (χ2n) is 3.96. The minimum atomic E-state index is -4.75. The van der Waals surface area contributed by atoms with E-state index in [1.807, 2.05) is 0 Å². The highest BCUT2D eigenvalue weighted by atomic mass is 32.2. The van der Waals surface area contributed by atoms with E-state index in [0.29, 0.717) is 17.1 Å². The lowest BCUT2D eigenvalue weighted by atomic mass is 10.2. The smallest absolute Gasteiger partial charge is 0.416 e. The van der Waals surface area contributed by atoms with Gasteiger partial charge in [0.2, 0.25) is 10.0 Å². The van der Waals surface area contributed by atoms with Crippen LogP contribution in [-0.2, 0) is 22.7 Å². The molecular weight excluding hydrogens is 329 g/mol. The lowest BCUT2D eigenvalue weighted by Gasteiger charge is -2.11. The van der Waals surface area contributed by atoms with Crippen molar-refractivity contribution in [2.75, 3.05) is 0 Å². The minimum Gasteiger partial charge on any atom is -0.508 e. The summed E-state index contributed by atoms with van der Waals surface area (Å²) in [6, 6.07) is 1.67. The summed E-state index contributed by atoms with van der Waals surface area (Å²) in [4.78, 5) is 3.19. The number of hydrogen-bond acceptors (Lipinski definition) is 5. The third kappa shape index (κ3) is 3.93. The molecular formula is C11H9F3N2O3S2. The molecule has 0 aliphatic heterocycles. The van der Waals surface area contributed by atoms with Crippen LogP contribution in [0.25, 0.3) is 0 Å². The highest BCUT2D eigenvalue weighted by Crippen LogP contribution is 2.33. The van der Waals surface area contributed by atoms with Crippen LogP contribution >= 0.6 is 11.3 Å². The van der Waals surface area contributed by atoms with E-state index in [0.717, 1.165) is 6.07 Å². The zero-order valence-electron chi connectivity index (χ0n) is 10.3. The first-order valence-corrected chi connectivity index (χ1v) is 7.84. The third-order valence-electron chi connectivity index (χ3n) is 2.43. The van der Waals surface area contributed by atoms with Crippen LogP contribution in [0.5, 0.6) is 5.75 Å². The van der Waals surface area contributed by atoms with E-state index in [1.54, 1.807) is 5.38 Å². The van der Waals surface area contributed by atoms with Gasteiger partial charge in [0.05, 0.1) is 17.0 Å². The standard InChI is InChI=1S/C11H9F3N2O3S2/c12-11(13,14)7-3-8(17)5-9(4-7)21(18,19)16-6-10-15-1-2-20-10/h1-5,16-17H,6H2. The molecule has 0 saturated heterocycles. The molecule has 21 heavy (non-hydrogen) atoms. The van der Waals surface area contributed by atoms with Gasteiger partial charge in [-0.2, -0.15) is 13.2 Å². The molecule has 5 nitrogen and oxygen atoms in total. The molecule has 0 unspecified atom stereocenters. The first-order chi connectivity index (χ1) is 9.68. The number of alkyl halides is 3. The van der Waals surface area contributed by atoms with E-state index in [4.69, 9.17) is 0 Å². The Morgan fingerprint density at radius 1 is 1.29 bits per heavy atom. The molecule has 1 aromatic heterocycles. The number of rotatable bonds is 4. The first-order valence-electron chi connectivity index (χ1n) is 5.48. The van der Waals surface area contributed by atoms with Crippen LogP contribution in [0.2, 0.25) is 0 Å². The number of hydrogen-bond donors (Lipinski definition) is 2. The molecule has 0 atom stereocenters. The fourth-order valence-corrected chi connectivity index (χ4v) is 3.18. The SMILES string of the molecule is O=S(=O)(NCc1nccs1)c1cc(O)cc(C(F)(F)F)c1. The summed E-state index contributed by atoms with van der Waals surface area (Å²) in [7, 11) is -4.18. The minimum absolute atomic E-state index is 0.142. The van der Waals surface area contributed by atoms with Gasteiger partial charge in [0.15, 0.2) is 0 Å². The molecule has 0 bridgehead atoms. The predicted octanol–water partition coefficient (Wildman–Crippen LogP) is 2.35. The number of thiazole rings is 1. The van der Waals surface area contributed by atoms with Gasteiger partial charge >= 0.3 is 6.18 Å². The molecule has 2 N–H and O–H groups in total. The number of aromatic nitrogens is 1. The molecule has 2 aromatic rings. The predicted molar refractivity (Wildman–Crippen MR) is 69.2 cm³/mol. The van der Waals surface area contributed by atoms with E-state index in [-0.39, 0.29) is 6.54 Å². The first kappa shape index (κ1) is 15.7. The molecule has 0 aliphatic rings. The summed E-state index contributed by atoms with van der Waals surface area (Å²) in [5.41, 5.74) is -1.24. The fourth-order valence-electron chi connectivity index (χ4n) is 1.48. The van der Waals surface area contributed by atoms with E-state index in [1.165, 1.54) is 17.5 Å². The maximum Gasteiger partial charge on any atom is 0.416 e. The number of sulfonamides is 1. The molecule has 0 spiro atoms. The highest BCUT2D eigenvalue weighted by molar-refractivity contribution is 7.89. The average Bonchev–Trinajstić information content (AvgIpc) is 2.88. The number of benzene rings is 1. The maximum atomic E-state index is 12.6. The van der Waals surface area contributed by atoms with E-state index in [2.05, 4.69) is 9.71 Å². The largest absolute Gasteiger partial charge is 0.508 e. The lowest BCUT2D eigenvalue weighted by Crippen LogP contribution is -2.23. The highest BCUT2D eigenvalue weighted by Gasteiger charge is 2.32. The Balaban J connectivity index is 2.29. The average molecular weight is 338 g/mol. The van der Waals surface area contributed by atoms with Crippen LogP contribution < -0.4 is 4.72 Å². The molecule has 0 saturated carbocycles. The summed E-state index contributed by atoms with van der Waals surface area (Å²) >= 11 is 1.20. The Labute approximate surface area is 122 Å². The van der Waals surface area contributed by atoms with Crippen molar-refractivity contribution in [3.05, 3.63) is 40.3 Å². The molecule has 0 aliphatic carbocycles. The van der Waals surface area contributed by atoms with Crippen molar-refractivity contribution in [3.63, 3.8) is 0 Å². The molecule has 0 fully saturated rings. The van der Waals surface area contributed by atoms with Crippen LogP contribution in [0.15, 0.2) is 34.7 Å². The summed E-state index contributed by atoms with van der Waals surface area (Å²) in [5, 5.41) is 11.4. The van der Waals surface area contributed by atoms with Crippen molar-refractivity contribution >= 4 is 21.4 Å². The summed E-state index contributed by atoms with van der Waals surface area (Å²) < 4.78 is 63.8. The van der Waals surface area contributed by atoms with Gasteiger partial charge in [-0.05, 0) is 18.2 Å². The fraction of sp³-hybridized carbons (Fsp3) is 0.182. The topological polar surface area (TPSA) is 79.3 Å². The van der Waals surface area contributed by atoms with Gasteiger partial charge in [-0.1, -0.05) is 0 Å². The van der Waals surface area contributed by atoms with Crippen molar-refractivity contribution in [2.24, 2.45) is 0 Å². The molecule has 2 rings (SSSR count). The van der Waals surface area contributed by atoms with Crippen molar-refractivity contribution in [1.29, 1.82) is 0 Å². The van der Waals surface area contributed by atoms with Crippen molar-refractivity contribution < 1.29 is 26.7 Å². The maximum absolute atomic E-state index is 12.6.